The smallest absolute Gasteiger partial charge is 0.481 e. The first-order valence-electron chi connectivity index (χ1n) is 8.83. The maximum Gasteiger partial charge on any atom is 0.490 e. The largest absolute Gasteiger partial charge is 0.490 e. The van der Waals surface area contributed by atoms with Crippen molar-refractivity contribution in [2.75, 3.05) is 44.5 Å². The molecule has 3 heterocycles. The predicted molar refractivity (Wildman–Crippen MR) is 98.7 cm³/mol. The van der Waals surface area contributed by atoms with Gasteiger partial charge in [-0.05, 0) is 18.8 Å². The Kier molecular flexibility index (Phi) is 7.47. The number of halogens is 3. The molecule has 0 bridgehead atoms. The van der Waals surface area contributed by atoms with Gasteiger partial charge in [0.05, 0.1) is 33.1 Å². The van der Waals surface area contributed by atoms with E-state index in [2.05, 4.69) is 19.6 Å². The van der Waals surface area contributed by atoms with E-state index in [1.807, 2.05) is 6.07 Å². The molecule has 2 aliphatic heterocycles. The highest BCUT2D eigenvalue weighted by Gasteiger charge is 2.47. The van der Waals surface area contributed by atoms with Crippen LogP contribution in [0.15, 0.2) is 12.4 Å². The first-order chi connectivity index (χ1) is 13.8. The molecule has 1 aromatic heterocycles. The quantitative estimate of drug-likeness (QED) is 0.656. The molecule has 0 aliphatic carbocycles. The number of hydrogen-bond acceptors (Lipinski definition) is 8. The molecule has 1 spiro atoms. The number of aromatic nitrogens is 2. The van der Waals surface area contributed by atoms with Crippen molar-refractivity contribution < 1.29 is 41.0 Å². The van der Waals surface area contributed by atoms with Crippen LogP contribution in [0.25, 0.3) is 0 Å². The minimum Gasteiger partial charge on any atom is -0.481 e. The third kappa shape index (κ3) is 6.95. The highest BCUT2D eigenvalue weighted by molar-refractivity contribution is 7.88. The average molecular weight is 456 g/mol. The molecule has 30 heavy (non-hydrogen) atoms. The third-order valence-electron chi connectivity index (χ3n) is 4.63. The monoisotopic (exact) mass is 456 g/mol. The Morgan fingerprint density at radius 3 is 2.53 bits per heavy atom. The third-order valence-corrected chi connectivity index (χ3v) is 5.32. The summed E-state index contributed by atoms with van der Waals surface area (Å²) < 4.78 is 67.7. The molecule has 0 aromatic carbocycles. The molecule has 0 radical (unpaired) electrons. The molecule has 14 heteroatoms. The second-order valence-electron chi connectivity index (χ2n) is 7.10. The van der Waals surface area contributed by atoms with Gasteiger partial charge in [-0.3, -0.25) is 0 Å². The fraction of sp³-hybridized carbons (Fsp3) is 0.688. The summed E-state index contributed by atoms with van der Waals surface area (Å²) in [6.07, 6.45) is -0.517. The molecule has 2 fully saturated rings. The molecule has 2 aliphatic rings. The van der Waals surface area contributed by atoms with E-state index in [9.17, 15) is 21.6 Å². The molecule has 1 aromatic rings. The number of nitrogens with one attached hydrogen (secondary N) is 1. The predicted octanol–water partition coefficient (Wildman–Crippen LogP) is 0.653. The molecule has 0 amide bonds. The molecule has 1 atom stereocenters. The van der Waals surface area contributed by atoms with Crippen molar-refractivity contribution in [2.45, 2.75) is 24.6 Å². The molecule has 2 N–H and O–H groups in total. The fourth-order valence-corrected chi connectivity index (χ4v) is 3.56. The SMILES string of the molecule is COc1cc(N2CC3(CCC(CNS(C)(=O)=O)CO3)C2)ncn1.O=C(O)C(F)(F)F. The van der Waals surface area contributed by atoms with E-state index < -0.39 is 22.2 Å². The van der Waals surface area contributed by atoms with Gasteiger partial charge in [-0.2, -0.15) is 13.2 Å². The van der Waals surface area contributed by atoms with Gasteiger partial charge in [0.1, 0.15) is 17.7 Å². The van der Waals surface area contributed by atoms with Crippen LogP contribution >= 0.6 is 0 Å². The van der Waals surface area contributed by atoms with Crippen molar-refractivity contribution in [3.05, 3.63) is 12.4 Å². The number of carboxylic acid groups (broad SMARTS) is 1. The normalized spacial score (nSPS) is 20.7. The van der Waals surface area contributed by atoms with Crippen LogP contribution in [0.1, 0.15) is 12.8 Å². The standard InChI is InChI=1S/C14H22N4O4S.C2HF3O2/c1-21-13-5-12(15-10-16-13)18-8-14(9-18)4-3-11(7-22-14)6-17-23(2,19)20;3-2(4,5)1(6)7/h5,10-11,17H,3-4,6-9H2,1-2H3;(H,6,7). The first-order valence-corrected chi connectivity index (χ1v) is 10.7. The number of nitrogens with zero attached hydrogens (tertiary/aromatic N) is 3. The van der Waals surface area contributed by atoms with Gasteiger partial charge in [0.25, 0.3) is 0 Å². The van der Waals surface area contributed by atoms with E-state index in [-0.39, 0.29) is 11.5 Å². The Morgan fingerprint density at radius 2 is 2.07 bits per heavy atom. The van der Waals surface area contributed by atoms with E-state index in [4.69, 9.17) is 19.4 Å². The fourth-order valence-electron chi connectivity index (χ4n) is 3.02. The van der Waals surface area contributed by atoms with Crippen LogP contribution in [-0.2, 0) is 19.6 Å². The number of aliphatic carboxylic acids is 1. The van der Waals surface area contributed by atoms with E-state index in [1.165, 1.54) is 12.6 Å². The summed E-state index contributed by atoms with van der Waals surface area (Å²) in [6, 6.07) is 1.81. The number of carboxylic acids is 1. The zero-order valence-corrected chi connectivity index (χ0v) is 17.2. The van der Waals surface area contributed by atoms with Crippen molar-refractivity contribution in [3.63, 3.8) is 0 Å². The molecular formula is C16H23F3N4O6S. The topological polar surface area (TPSA) is 131 Å². The van der Waals surface area contributed by atoms with Crippen LogP contribution in [0.3, 0.4) is 0 Å². The molecular weight excluding hydrogens is 433 g/mol. The number of anilines is 1. The van der Waals surface area contributed by atoms with E-state index in [1.54, 1.807) is 7.11 Å². The lowest BCUT2D eigenvalue weighted by Crippen LogP contribution is -2.65. The van der Waals surface area contributed by atoms with Crippen LogP contribution in [0.4, 0.5) is 19.0 Å². The van der Waals surface area contributed by atoms with Crippen LogP contribution < -0.4 is 14.4 Å². The van der Waals surface area contributed by atoms with Crippen molar-refractivity contribution in [1.29, 1.82) is 0 Å². The Morgan fingerprint density at radius 1 is 1.43 bits per heavy atom. The van der Waals surface area contributed by atoms with Gasteiger partial charge in [-0.1, -0.05) is 0 Å². The van der Waals surface area contributed by atoms with Gasteiger partial charge in [0, 0.05) is 12.6 Å². The molecule has 2 saturated heterocycles. The minimum absolute atomic E-state index is 0.125. The number of carbonyl (C=O) groups is 1. The number of methoxy groups -OCH3 is 1. The maximum atomic E-state index is 11.1. The number of hydrogen-bond donors (Lipinski definition) is 2. The van der Waals surface area contributed by atoms with Gasteiger partial charge >= 0.3 is 12.1 Å². The minimum atomic E-state index is -5.08. The maximum absolute atomic E-state index is 11.1. The zero-order chi connectivity index (χ0) is 22.6. The van der Waals surface area contributed by atoms with Crippen LogP contribution in [0.2, 0.25) is 0 Å². The van der Waals surface area contributed by atoms with Crippen LogP contribution in [0, 0.1) is 5.92 Å². The van der Waals surface area contributed by atoms with Crippen LogP contribution in [-0.4, -0.2) is 80.8 Å². The van der Waals surface area contributed by atoms with Crippen molar-refractivity contribution >= 4 is 21.8 Å². The molecule has 10 nitrogen and oxygen atoms in total. The van der Waals surface area contributed by atoms with Crippen molar-refractivity contribution in [1.82, 2.24) is 14.7 Å². The molecule has 0 saturated carbocycles. The summed E-state index contributed by atoms with van der Waals surface area (Å²) in [6.45, 7) is 2.62. The summed E-state index contributed by atoms with van der Waals surface area (Å²) in [5.74, 6) is -1.13. The summed E-state index contributed by atoms with van der Waals surface area (Å²) in [4.78, 5) is 19.3. The number of rotatable bonds is 5. The Bertz CT molecular complexity index is 836. The Hall–Kier alpha value is -2.19. The van der Waals surface area contributed by atoms with Crippen LogP contribution in [0.5, 0.6) is 5.88 Å². The van der Waals surface area contributed by atoms with E-state index in [0.29, 0.717) is 19.0 Å². The summed E-state index contributed by atoms with van der Waals surface area (Å²) >= 11 is 0. The van der Waals surface area contributed by atoms with Gasteiger partial charge < -0.3 is 19.5 Å². The molecule has 170 valence electrons. The van der Waals surface area contributed by atoms with Crippen molar-refractivity contribution in [2.24, 2.45) is 5.92 Å². The lowest BCUT2D eigenvalue weighted by molar-refractivity contribution is -0.192. The summed E-state index contributed by atoms with van der Waals surface area (Å²) in [5.41, 5.74) is -0.125. The molecule has 1 unspecified atom stereocenters. The van der Waals surface area contributed by atoms with Gasteiger partial charge in [-0.15, -0.1) is 0 Å². The first kappa shape index (κ1) is 24.1. The Balaban J connectivity index is 0.000000396. The lowest BCUT2D eigenvalue weighted by atomic mass is 9.83. The summed E-state index contributed by atoms with van der Waals surface area (Å²) in [5, 5.41) is 7.12. The number of alkyl halides is 3. The Labute approximate surface area is 171 Å². The van der Waals surface area contributed by atoms with Gasteiger partial charge in [0.2, 0.25) is 15.9 Å². The zero-order valence-electron chi connectivity index (χ0n) is 16.3. The van der Waals surface area contributed by atoms with E-state index in [0.717, 1.165) is 31.7 Å². The van der Waals surface area contributed by atoms with Crippen molar-refractivity contribution in [3.8, 4) is 5.88 Å². The lowest BCUT2D eigenvalue weighted by Gasteiger charge is -2.53. The van der Waals surface area contributed by atoms with Gasteiger partial charge in [0.15, 0.2) is 0 Å². The highest BCUT2D eigenvalue weighted by atomic mass is 32.2. The second kappa shape index (κ2) is 9.31. The average Bonchev–Trinajstić information content (AvgIpc) is 2.64. The summed E-state index contributed by atoms with van der Waals surface area (Å²) in [7, 11) is -1.55. The second-order valence-corrected chi connectivity index (χ2v) is 8.93. The highest BCUT2D eigenvalue weighted by Crippen LogP contribution is 2.38. The number of sulfonamides is 1. The number of ether oxygens (including phenoxy) is 2. The molecule has 3 rings (SSSR count). The van der Waals surface area contributed by atoms with E-state index >= 15 is 0 Å². The van der Waals surface area contributed by atoms with Gasteiger partial charge in [-0.25, -0.2) is 27.9 Å².